The van der Waals surface area contributed by atoms with Gasteiger partial charge in [0.25, 0.3) is 0 Å². The Balaban J connectivity index is 1.92. The van der Waals surface area contributed by atoms with Gasteiger partial charge in [0.2, 0.25) is 0 Å². The van der Waals surface area contributed by atoms with Gasteiger partial charge >= 0.3 is 0 Å². The molecule has 5 nitrogen and oxygen atoms in total. The lowest BCUT2D eigenvalue weighted by atomic mass is 9.92. The summed E-state index contributed by atoms with van der Waals surface area (Å²) in [5, 5.41) is 16.2. The first-order valence-electron chi connectivity index (χ1n) is 11.9. The van der Waals surface area contributed by atoms with E-state index in [4.69, 9.17) is 14.8 Å². The van der Waals surface area contributed by atoms with Crippen LogP contribution in [0.2, 0.25) is 0 Å². The van der Waals surface area contributed by atoms with Gasteiger partial charge in [-0.25, -0.2) is 9.67 Å². The number of hydrogen-bond donors (Lipinski definition) is 0. The van der Waals surface area contributed by atoms with Crippen LogP contribution in [0.5, 0.6) is 5.75 Å². The van der Waals surface area contributed by atoms with Crippen LogP contribution in [-0.4, -0.2) is 21.4 Å². The Labute approximate surface area is 205 Å². The summed E-state index contributed by atoms with van der Waals surface area (Å²) in [6.45, 7) is 6.58. The van der Waals surface area contributed by atoms with E-state index in [1.54, 1.807) is 0 Å². The van der Waals surface area contributed by atoms with E-state index in [0.29, 0.717) is 23.5 Å². The second kappa shape index (κ2) is 9.44. The fourth-order valence-electron chi connectivity index (χ4n) is 4.51. The summed E-state index contributed by atoms with van der Waals surface area (Å²) in [7, 11) is 0. The summed E-state index contributed by atoms with van der Waals surface area (Å²) in [5.41, 5.74) is 7.39. The molecule has 0 amide bonds. The lowest BCUT2D eigenvalue weighted by Gasteiger charge is -2.16. The number of rotatable bonds is 6. The minimum atomic E-state index is 0.518. The van der Waals surface area contributed by atoms with Crippen molar-refractivity contribution in [2.24, 2.45) is 0 Å². The highest BCUT2D eigenvalue weighted by atomic mass is 16.5. The first-order chi connectivity index (χ1) is 17.2. The van der Waals surface area contributed by atoms with Gasteiger partial charge in [0.1, 0.15) is 11.8 Å². The summed E-state index contributed by atoms with van der Waals surface area (Å²) >= 11 is 0. The van der Waals surface area contributed by atoms with Crippen molar-refractivity contribution in [1.29, 1.82) is 5.26 Å². The quantitative estimate of drug-likeness (QED) is 0.278. The molecule has 0 bridgehead atoms. The van der Waals surface area contributed by atoms with Crippen molar-refractivity contribution in [2.75, 3.05) is 6.61 Å². The van der Waals surface area contributed by atoms with Crippen LogP contribution in [0.15, 0.2) is 78.9 Å². The third-order valence-corrected chi connectivity index (χ3v) is 6.19. The Morgan fingerprint density at radius 3 is 2.31 bits per heavy atom. The van der Waals surface area contributed by atoms with E-state index in [1.165, 1.54) is 5.56 Å². The van der Waals surface area contributed by atoms with Crippen molar-refractivity contribution < 1.29 is 4.74 Å². The number of hydrogen-bond acceptors (Lipinski definition) is 4. The Morgan fingerprint density at radius 2 is 1.63 bits per heavy atom. The topological polar surface area (TPSA) is 63.7 Å². The van der Waals surface area contributed by atoms with E-state index in [0.717, 1.165) is 45.6 Å². The molecule has 0 saturated heterocycles. The highest BCUT2D eigenvalue weighted by molar-refractivity contribution is 6.02. The van der Waals surface area contributed by atoms with Crippen LogP contribution < -0.4 is 4.74 Å². The van der Waals surface area contributed by atoms with Gasteiger partial charge in [-0.05, 0) is 44.0 Å². The predicted octanol–water partition coefficient (Wildman–Crippen LogP) is 6.90. The highest BCUT2D eigenvalue weighted by Crippen LogP contribution is 2.42. The van der Waals surface area contributed by atoms with Crippen LogP contribution >= 0.6 is 0 Å². The molecule has 35 heavy (non-hydrogen) atoms. The number of nitriles is 1. The van der Waals surface area contributed by atoms with E-state index in [1.807, 2.05) is 85.3 Å². The SMILES string of the molecule is CCOc1ccccc1-c1c(C#N)c(-c2ccc(CC)cc2)nc2c1c(C)nn2-c1ccccc1. The zero-order valence-corrected chi connectivity index (χ0v) is 20.1. The van der Waals surface area contributed by atoms with Crippen molar-refractivity contribution in [3.05, 3.63) is 95.7 Å². The number of fused-ring (bicyclic) bond motifs is 1. The molecule has 2 aromatic heterocycles. The van der Waals surface area contributed by atoms with E-state index in [2.05, 4.69) is 25.1 Å². The monoisotopic (exact) mass is 458 g/mol. The first-order valence-corrected chi connectivity index (χ1v) is 11.9. The lowest BCUT2D eigenvalue weighted by molar-refractivity contribution is 0.341. The molecule has 172 valence electrons. The van der Waals surface area contributed by atoms with Crippen molar-refractivity contribution in [3.63, 3.8) is 0 Å². The molecule has 0 spiro atoms. The molecule has 0 aliphatic rings. The molecule has 0 aliphatic carbocycles. The largest absolute Gasteiger partial charge is 0.493 e. The summed E-state index contributed by atoms with van der Waals surface area (Å²) < 4.78 is 7.85. The molecule has 0 aliphatic heterocycles. The van der Waals surface area contributed by atoms with Crippen molar-refractivity contribution in [3.8, 4) is 39.9 Å². The minimum absolute atomic E-state index is 0.518. The van der Waals surface area contributed by atoms with Gasteiger partial charge in [0, 0.05) is 16.7 Å². The zero-order valence-electron chi connectivity index (χ0n) is 20.1. The zero-order chi connectivity index (χ0) is 24.4. The molecule has 0 saturated carbocycles. The third kappa shape index (κ3) is 3.94. The molecule has 2 heterocycles. The second-order valence-electron chi connectivity index (χ2n) is 8.33. The Morgan fingerprint density at radius 1 is 0.914 bits per heavy atom. The highest BCUT2D eigenvalue weighted by Gasteiger charge is 2.25. The van der Waals surface area contributed by atoms with Gasteiger partial charge in [-0.3, -0.25) is 0 Å². The number of benzene rings is 3. The van der Waals surface area contributed by atoms with Crippen LogP contribution in [0.3, 0.4) is 0 Å². The van der Waals surface area contributed by atoms with Crippen molar-refractivity contribution in [2.45, 2.75) is 27.2 Å². The van der Waals surface area contributed by atoms with Crippen molar-refractivity contribution in [1.82, 2.24) is 14.8 Å². The van der Waals surface area contributed by atoms with Gasteiger partial charge in [-0.1, -0.05) is 67.6 Å². The minimum Gasteiger partial charge on any atom is -0.493 e. The number of pyridine rings is 1. The van der Waals surface area contributed by atoms with E-state index in [9.17, 15) is 5.26 Å². The van der Waals surface area contributed by atoms with Crippen LogP contribution in [0.4, 0.5) is 0 Å². The Kier molecular flexibility index (Phi) is 6.03. The molecule has 5 heteroatoms. The number of aryl methyl sites for hydroxylation is 2. The van der Waals surface area contributed by atoms with Gasteiger partial charge in [-0.2, -0.15) is 10.4 Å². The average Bonchev–Trinajstić information content (AvgIpc) is 3.24. The van der Waals surface area contributed by atoms with Crippen LogP contribution in [0.1, 0.15) is 30.7 Å². The van der Waals surface area contributed by atoms with Gasteiger partial charge in [0.05, 0.1) is 34.6 Å². The van der Waals surface area contributed by atoms with Gasteiger partial charge < -0.3 is 4.74 Å². The molecule has 0 unspecified atom stereocenters. The number of nitrogens with zero attached hydrogens (tertiary/aromatic N) is 4. The van der Waals surface area contributed by atoms with E-state index < -0.39 is 0 Å². The summed E-state index contributed by atoms with van der Waals surface area (Å²) in [4.78, 5) is 5.07. The standard InChI is InChI=1S/C30H26N4O/c1-4-21-15-17-22(18-16-21)29-25(19-31)28(24-13-9-10-14-26(24)35-5-2)27-20(3)33-34(30(27)32-29)23-11-7-6-8-12-23/h6-18H,4-5H2,1-3H3. The molecule has 0 radical (unpaired) electrons. The second-order valence-corrected chi connectivity index (χ2v) is 8.33. The lowest BCUT2D eigenvalue weighted by Crippen LogP contribution is -2.02. The molecule has 5 aromatic rings. The molecule has 3 aromatic carbocycles. The van der Waals surface area contributed by atoms with Gasteiger partial charge in [0.15, 0.2) is 5.65 Å². The third-order valence-electron chi connectivity index (χ3n) is 6.19. The van der Waals surface area contributed by atoms with E-state index in [-0.39, 0.29) is 0 Å². The molecule has 5 rings (SSSR count). The Hall–Kier alpha value is -4.43. The maximum absolute atomic E-state index is 10.5. The van der Waals surface area contributed by atoms with Gasteiger partial charge in [-0.15, -0.1) is 0 Å². The summed E-state index contributed by atoms with van der Waals surface area (Å²) in [6.07, 6.45) is 0.949. The Bertz CT molecular complexity index is 1540. The smallest absolute Gasteiger partial charge is 0.164 e. The van der Waals surface area contributed by atoms with E-state index >= 15 is 0 Å². The average molecular weight is 459 g/mol. The summed E-state index contributed by atoms with van der Waals surface area (Å²) in [5.74, 6) is 0.734. The maximum Gasteiger partial charge on any atom is 0.164 e. The molecular weight excluding hydrogens is 432 g/mol. The molecule has 0 atom stereocenters. The fraction of sp³-hybridized carbons (Fsp3) is 0.167. The number of ether oxygens (including phenoxy) is 1. The fourth-order valence-corrected chi connectivity index (χ4v) is 4.51. The number of aromatic nitrogens is 3. The van der Waals surface area contributed by atoms with Crippen LogP contribution in [0, 0.1) is 18.3 Å². The maximum atomic E-state index is 10.5. The molecule has 0 N–H and O–H groups in total. The predicted molar refractivity (Wildman–Crippen MR) is 140 cm³/mol. The number of para-hydroxylation sites is 2. The summed E-state index contributed by atoms with van der Waals surface area (Å²) in [6, 6.07) is 28.6. The van der Waals surface area contributed by atoms with Crippen LogP contribution in [-0.2, 0) is 6.42 Å². The first kappa shape index (κ1) is 22.4. The normalized spacial score (nSPS) is 10.9. The van der Waals surface area contributed by atoms with Crippen molar-refractivity contribution >= 4 is 11.0 Å². The molecular formula is C30H26N4O. The molecule has 0 fully saturated rings. The van der Waals surface area contributed by atoms with Crippen LogP contribution in [0.25, 0.3) is 39.1 Å².